The predicted molar refractivity (Wildman–Crippen MR) is 110 cm³/mol. The van der Waals surface area contributed by atoms with Gasteiger partial charge in [-0.3, -0.25) is 4.79 Å². The van der Waals surface area contributed by atoms with Gasteiger partial charge in [0.15, 0.2) is 0 Å². The molecular weight excluding hydrogens is 372 g/mol. The monoisotopic (exact) mass is 404 g/mol. The summed E-state index contributed by atoms with van der Waals surface area (Å²) in [6, 6.07) is 4.94. The smallest absolute Gasteiger partial charge is 0.252 e. The Hall–Kier alpha value is -1.40. The summed E-state index contributed by atoms with van der Waals surface area (Å²) in [5.41, 5.74) is 1.23. The zero-order valence-corrected chi connectivity index (χ0v) is 18.0. The standard InChI is InChI=1S/C22H32N2O3S/c1-4-24(5-2)28(26,27)19-7-6-15(3)20(11-19)21(25)23-22-12-16-8-17(13-22)10-18(9-16)14-22/h6-7,11,16-18H,4-5,8-10,12-14H2,1-3H3,(H,23,25). The number of rotatable bonds is 6. The minimum absolute atomic E-state index is 0.0774. The quantitative estimate of drug-likeness (QED) is 0.786. The van der Waals surface area contributed by atoms with Gasteiger partial charge in [0.1, 0.15) is 0 Å². The molecule has 0 saturated heterocycles. The molecule has 1 aromatic carbocycles. The molecule has 5 rings (SSSR count). The number of carbonyl (C=O) groups is 1. The minimum atomic E-state index is -3.57. The molecule has 0 heterocycles. The van der Waals surface area contributed by atoms with Crippen LogP contribution in [0.1, 0.15) is 68.3 Å². The van der Waals surface area contributed by atoms with Crippen molar-refractivity contribution in [3.8, 4) is 0 Å². The highest BCUT2D eigenvalue weighted by Crippen LogP contribution is 2.55. The van der Waals surface area contributed by atoms with Crippen LogP contribution in [-0.4, -0.2) is 37.3 Å². The zero-order valence-electron chi connectivity index (χ0n) is 17.2. The van der Waals surface area contributed by atoms with Gasteiger partial charge in [0, 0.05) is 24.2 Å². The molecule has 0 spiro atoms. The van der Waals surface area contributed by atoms with Crippen LogP contribution >= 0.6 is 0 Å². The summed E-state index contributed by atoms with van der Waals surface area (Å²) in [6.07, 6.45) is 7.23. The van der Waals surface area contributed by atoms with Crippen molar-refractivity contribution in [1.82, 2.24) is 9.62 Å². The van der Waals surface area contributed by atoms with Crippen molar-refractivity contribution in [2.45, 2.75) is 69.7 Å². The second-order valence-electron chi connectivity index (χ2n) is 9.22. The van der Waals surface area contributed by atoms with Crippen molar-refractivity contribution in [3.05, 3.63) is 29.3 Å². The minimum Gasteiger partial charge on any atom is -0.347 e. The average molecular weight is 405 g/mol. The van der Waals surface area contributed by atoms with Gasteiger partial charge in [-0.1, -0.05) is 19.9 Å². The fourth-order valence-electron chi connectivity index (χ4n) is 6.29. The fraction of sp³-hybridized carbons (Fsp3) is 0.682. The summed E-state index contributed by atoms with van der Waals surface area (Å²) in [5.74, 6) is 2.14. The number of hydrogen-bond acceptors (Lipinski definition) is 3. The summed E-state index contributed by atoms with van der Waals surface area (Å²) < 4.78 is 27.2. The van der Waals surface area contributed by atoms with Crippen LogP contribution in [0.3, 0.4) is 0 Å². The van der Waals surface area contributed by atoms with Gasteiger partial charge in [-0.2, -0.15) is 4.31 Å². The maximum Gasteiger partial charge on any atom is 0.252 e. The maximum absolute atomic E-state index is 13.2. The Balaban J connectivity index is 1.60. The lowest BCUT2D eigenvalue weighted by atomic mass is 9.53. The average Bonchev–Trinajstić information content (AvgIpc) is 2.61. The van der Waals surface area contributed by atoms with E-state index in [2.05, 4.69) is 5.32 Å². The molecule has 4 saturated carbocycles. The third-order valence-electron chi connectivity index (χ3n) is 7.21. The third kappa shape index (κ3) is 3.39. The van der Waals surface area contributed by atoms with Crippen LogP contribution < -0.4 is 5.32 Å². The van der Waals surface area contributed by atoms with E-state index in [4.69, 9.17) is 0 Å². The first kappa shape index (κ1) is 19.9. The van der Waals surface area contributed by atoms with Gasteiger partial charge in [0.05, 0.1) is 4.90 Å². The molecule has 154 valence electrons. The van der Waals surface area contributed by atoms with Gasteiger partial charge in [-0.25, -0.2) is 8.42 Å². The van der Waals surface area contributed by atoms with Crippen LogP contribution in [-0.2, 0) is 10.0 Å². The molecule has 0 radical (unpaired) electrons. The van der Waals surface area contributed by atoms with Crippen molar-refractivity contribution in [1.29, 1.82) is 0 Å². The van der Waals surface area contributed by atoms with Crippen LogP contribution in [0.5, 0.6) is 0 Å². The van der Waals surface area contributed by atoms with E-state index in [0.717, 1.165) is 42.6 Å². The largest absolute Gasteiger partial charge is 0.347 e. The van der Waals surface area contributed by atoms with Gasteiger partial charge in [-0.15, -0.1) is 0 Å². The Morgan fingerprint density at radius 2 is 1.61 bits per heavy atom. The first-order valence-corrected chi connectivity index (χ1v) is 12.1. The Morgan fingerprint density at radius 3 is 2.11 bits per heavy atom. The molecule has 5 nitrogen and oxygen atoms in total. The molecule has 1 aromatic rings. The number of aryl methyl sites for hydroxylation is 1. The molecule has 1 amide bonds. The van der Waals surface area contributed by atoms with Crippen molar-refractivity contribution in [2.75, 3.05) is 13.1 Å². The topological polar surface area (TPSA) is 66.5 Å². The summed E-state index contributed by atoms with van der Waals surface area (Å²) in [4.78, 5) is 13.4. The van der Waals surface area contributed by atoms with Crippen molar-refractivity contribution >= 4 is 15.9 Å². The molecule has 4 bridgehead atoms. The normalized spacial score (nSPS) is 31.4. The third-order valence-corrected chi connectivity index (χ3v) is 9.26. The highest BCUT2D eigenvalue weighted by molar-refractivity contribution is 7.89. The van der Waals surface area contributed by atoms with E-state index < -0.39 is 10.0 Å². The van der Waals surface area contributed by atoms with Crippen LogP contribution in [0.2, 0.25) is 0 Å². The second kappa shape index (κ2) is 7.13. The second-order valence-corrected chi connectivity index (χ2v) is 11.2. The highest BCUT2D eigenvalue weighted by atomic mass is 32.2. The van der Waals surface area contributed by atoms with E-state index in [1.807, 2.05) is 20.8 Å². The number of carbonyl (C=O) groups excluding carboxylic acids is 1. The van der Waals surface area contributed by atoms with Gasteiger partial charge in [0.2, 0.25) is 10.0 Å². The lowest BCUT2D eigenvalue weighted by molar-refractivity contribution is -0.0167. The number of amides is 1. The molecule has 4 aliphatic carbocycles. The van der Waals surface area contributed by atoms with E-state index in [-0.39, 0.29) is 16.3 Å². The van der Waals surface area contributed by atoms with Crippen molar-refractivity contribution < 1.29 is 13.2 Å². The van der Waals surface area contributed by atoms with E-state index >= 15 is 0 Å². The van der Waals surface area contributed by atoms with Crippen molar-refractivity contribution in [3.63, 3.8) is 0 Å². The van der Waals surface area contributed by atoms with Crippen LogP contribution in [0.15, 0.2) is 23.1 Å². The summed E-state index contributed by atoms with van der Waals surface area (Å²) in [6.45, 7) is 6.37. The van der Waals surface area contributed by atoms with E-state index in [0.29, 0.717) is 18.7 Å². The molecule has 0 atom stereocenters. The Labute approximate surface area is 168 Å². The van der Waals surface area contributed by atoms with Gasteiger partial charge >= 0.3 is 0 Å². The number of hydrogen-bond donors (Lipinski definition) is 1. The summed E-state index contributed by atoms with van der Waals surface area (Å²) >= 11 is 0. The van der Waals surface area contributed by atoms with Crippen LogP contribution in [0.25, 0.3) is 0 Å². The van der Waals surface area contributed by atoms with E-state index in [1.165, 1.54) is 23.6 Å². The molecule has 0 aromatic heterocycles. The summed E-state index contributed by atoms with van der Waals surface area (Å²) in [5, 5.41) is 3.37. The zero-order chi connectivity index (χ0) is 20.1. The lowest BCUT2D eigenvalue weighted by Crippen LogP contribution is -2.59. The SMILES string of the molecule is CCN(CC)S(=O)(=O)c1ccc(C)c(C(=O)NC23CC4CC(CC(C4)C2)C3)c1. The first-order chi connectivity index (χ1) is 13.3. The number of nitrogens with zero attached hydrogens (tertiary/aromatic N) is 1. The molecular formula is C22H32N2O3S. The number of sulfonamides is 1. The van der Waals surface area contributed by atoms with Gasteiger partial charge in [0.25, 0.3) is 5.91 Å². The van der Waals surface area contributed by atoms with Crippen LogP contribution in [0.4, 0.5) is 0 Å². The predicted octanol–water partition coefficient (Wildman–Crippen LogP) is 3.72. The van der Waals surface area contributed by atoms with Gasteiger partial charge < -0.3 is 5.32 Å². The van der Waals surface area contributed by atoms with E-state index in [9.17, 15) is 13.2 Å². The molecule has 6 heteroatoms. The van der Waals surface area contributed by atoms with Crippen LogP contribution in [0, 0.1) is 24.7 Å². The molecule has 1 N–H and O–H groups in total. The van der Waals surface area contributed by atoms with E-state index in [1.54, 1.807) is 18.2 Å². The molecule has 4 fully saturated rings. The Kier molecular flexibility index (Phi) is 5.07. The van der Waals surface area contributed by atoms with Crippen molar-refractivity contribution in [2.24, 2.45) is 17.8 Å². The van der Waals surface area contributed by atoms with Gasteiger partial charge in [-0.05, 0) is 80.9 Å². The first-order valence-electron chi connectivity index (χ1n) is 10.7. The molecule has 4 aliphatic rings. The lowest BCUT2D eigenvalue weighted by Gasteiger charge is -2.56. The molecule has 28 heavy (non-hydrogen) atoms. The Morgan fingerprint density at radius 1 is 1.07 bits per heavy atom. The highest BCUT2D eigenvalue weighted by Gasteiger charge is 2.51. The number of benzene rings is 1. The maximum atomic E-state index is 13.2. The Bertz CT molecular complexity index is 838. The molecule has 0 unspecified atom stereocenters. The number of nitrogens with one attached hydrogen (secondary N) is 1. The molecule has 0 aliphatic heterocycles. The fourth-order valence-corrected chi connectivity index (χ4v) is 7.78. The summed E-state index contributed by atoms with van der Waals surface area (Å²) in [7, 11) is -3.57.